The third-order valence-electron chi connectivity index (χ3n) is 4.91. The van der Waals surface area contributed by atoms with Crippen LogP contribution < -0.4 is 5.56 Å². The van der Waals surface area contributed by atoms with Gasteiger partial charge in [-0.05, 0) is 37.0 Å². The monoisotopic (exact) mass is 324 g/mol. The fourth-order valence-electron chi connectivity index (χ4n) is 3.62. The highest BCUT2D eigenvalue weighted by atomic mass is 16.1. The van der Waals surface area contributed by atoms with Gasteiger partial charge in [0, 0.05) is 24.2 Å². The van der Waals surface area contributed by atoms with Crippen molar-refractivity contribution in [2.24, 2.45) is 5.92 Å². The van der Waals surface area contributed by atoms with Crippen molar-refractivity contribution in [1.82, 2.24) is 9.55 Å². The summed E-state index contributed by atoms with van der Waals surface area (Å²) < 4.78 is 1.64. The number of rotatable bonds is 6. The number of Topliss-reactive ketones (excluding diaryl/α,β-unsaturated/α-hetero) is 1. The topological polar surface area (TPSA) is 52.0 Å². The molecule has 0 aliphatic heterocycles. The lowest BCUT2D eigenvalue weighted by Gasteiger charge is -2.22. The number of nitrogens with zero attached hydrogens (tertiary/aromatic N) is 2. The van der Waals surface area contributed by atoms with Crippen LogP contribution in [0, 0.1) is 12.8 Å². The first kappa shape index (κ1) is 16.6. The van der Waals surface area contributed by atoms with Crippen LogP contribution in [0.3, 0.4) is 0 Å². The van der Waals surface area contributed by atoms with Gasteiger partial charge < -0.3 is 4.57 Å². The SMILES string of the molecule is Cc1ccc(=O)n([C@@H](CC2CCCC2)C(=O)Cc2ccccn2)c1. The van der Waals surface area contributed by atoms with Gasteiger partial charge in [0.2, 0.25) is 0 Å². The third kappa shape index (κ3) is 3.99. The van der Waals surface area contributed by atoms with Gasteiger partial charge in [0.25, 0.3) is 5.56 Å². The first-order chi connectivity index (χ1) is 11.6. The Bertz CT molecular complexity index is 746. The summed E-state index contributed by atoms with van der Waals surface area (Å²) in [5, 5.41) is 0. The summed E-state index contributed by atoms with van der Waals surface area (Å²) in [6, 6.07) is 8.57. The number of ketones is 1. The predicted molar refractivity (Wildman–Crippen MR) is 94.0 cm³/mol. The highest BCUT2D eigenvalue weighted by molar-refractivity contribution is 5.84. The minimum atomic E-state index is -0.387. The zero-order valence-electron chi connectivity index (χ0n) is 14.1. The molecule has 0 saturated heterocycles. The van der Waals surface area contributed by atoms with Crippen LogP contribution in [0.2, 0.25) is 0 Å². The lowest BCUT2D eigenvalue weighted by molar-refractivity contribution is -0.122. The molecule has 2 heterocycles. The van der Waals surface area contributed by atoms with E-state index in [1.54, 1.807) is 22.9 Å². The number of pyridine rings is 2. The molecule has 2 aromatic heterocycles. The summed E-state index contributed by atoms with van der Waals surface area (Å²) in [6.07, 6.45) is 9.34. The van der Waals surface area contributed by atoms with Crippen molar-refractivity contribution in [1.29, 1.82) is 0 Å². The molecule has 1 fully saturated rings. The fraction of sp³-hybridized carbons (Fsp3) is 0.450. The fourth-order valence-corrected chi connectivity index (χ4v) is 3.62. The first-order valence-corrected chi connectivity index (χ1v) is 8.75. The number of carbonyl (C=O) groups is 1. The third-order valence-corrected chi connectivity index (χ3v) is 4.91. The standard InChI is InChI=1S/C20H24N2O2/c1-15-9-10-20(24)22(14-15)18(12-16-6-2-3-7-16)19(23)13-17-8-4-5-11-21-17/h4-5,8-11,14,16,18H,2-3,6-7,12-13H2,1H3/t18-/m0/s1. The van der Waals surface area contributed by atoms with Crippen LogP contribution in [-0.4, -0.2) is 15.3 Å². The van der Waals surface area contributed by atoms with Crippen LogP contribution in [0.5, 0.6) is 0 Å². The van der Waals surface area contributed by atoms with Crippen LogP contribution in [0.4, 0.5) is 0 Å². The molecule has 4 nitrogen and oxygen atoms in total. The maximum absolute atomic E-state index is 13.0. The molecule has 3 rings (SSSR count). The average molecular weight is 324 g/mol. The van der Waals surface area contributed by atoms with Crippen LogP contribution in [0.15, 0.2) is 47.5 Å². The molecule has 1 aliphatic carbocycles. The van der Waals surface area contributed by atoms with E-state index in [-0.39, 0.29) is 23.8 Å². The van der Waals surface area contributed by atoms with Crippen LogP contribution in [0.1, 0.15) is 49.4 Å². The van der Waals surface area contributed by atoms with Crippen molar-refractivity contribution < 1.29 is 4.79 Å². The molecule has 2 aromatic rings. The van der Waals surface area contributed by atoms with E-state index in [1.807, 2.05) is 31.3 Å². The number of hydrogen-bond acceptors (Lipinski definition) is 3. The Kier molecular flexibility index (Phi) is 5.24. The molecule has 0 radical (unpaired) electrons. The molecule has 24 heavy (non-hydrogen) atoms. The number of carbonyl (C=O) groups excluding carboxylic acids is 1. The van der Waals surface area contributed by atoms with Gasteiger partial charge in [-0.3, -0.25) is 14.6 Å². The molecule has 0 aromatic carbocycles. The summed E-state index contributed by atoms with van der Waals surface area (Å²) in [6.45, 7) is 1.95. The van der Waals surface area contributed by atoms with E-state index < -0.39 is 0 Å². The number of aryl methyl sites for hydroxylation is 1. The van der Waals surface area contributed by atoms with Gasteiger partial charge in [0.1, 0.15) is 0 Å². The molecule has 126 valence electrons. The normalized spacial score (nSPS) is 16.2. The maximum Gasteiger partial charge on any atom is 0.251 e. The lowest BCUT2D eigenvalue weighted by atomic mass is 9.93. The molecule has 0 amide bonds. The largest absolute Gasteiger partial charge is 0.305 e. The average Bonchev–Trinajstić information content (AvgIpc) is 3.09. The maximum atomic E-state index is 13.0. The van der Waals surface area contributed by atoms with E-state index in [1.165, 1.54) is 12.8 Å². The van der Waals surface area contributed by atoms with Crippen LogP contribution >= 0.6 is 0 Å². The predicted octanol–water partition coefficient (Wildman–Crippen LogP) is 3.48. The summed E-state index contributed by atoms with van der Waals surface area (Å²) in [5.41, 5.74) is 1.66. The smallest absolute Gasteiger partial charge is 0.251 e. The molecule has 0 bridgehead atoms. The van der Waals surface area contributed by atoms with E-state index in [4.69, 9.17) is 0 Å². The second-order valence-electron chi connectivity index (χ2n) is 6.82. The van der Waals surface area contributed by atoms with Crippen molar-refractivity contribution in [3.63, 3.8) is 0 Å². The molecule has 1 atom stereocenters. The zero-order chi connectivity index (χ0) is 16.9. The Morgan fingerprint density at radius 2 is 2.04 bits per heavy atom. The van der Waals surface area contributed by atoms with Gasteiger partial charge in [-0.15, -0.1) is 0 Å². The van der Waals surface area contributed by atoms with Crippen molar-refractivity contribution in [2.45, 2.75) is 51.5 Å². The summed E-state index contributed by atoms with van der Waals surface area (Å²) in [5.74, 6) is 0.614. The second kappa shape index (κ2) is 7.56. The lowest BCUT2D eigenvalue weighted by Crippen LogP contribution is -2.31. The Hall–Kier alpha value is -2.23. The summed E-state index contributed by atoms with van der Waals surface area (Å²) in [4.78, 5) is 29.6. The number of hydrogen-bond donors (Lipinski definition) is 0. The van der Waals surface area contributed by atoms with Gasteiger partial charge in [0.05, 0.1) is 12.5 Å². The van der Waals surface area contributed by atoms with Crippen molar-refractivity contribution in [3.8, 4) is 0 Å². The van der Waals surface area contributed by atoms with E-state index >= 15 is 0 Å². The van der Waals surface area contributed by atoms with Crippen molar-refractivity contribution in [3.05, 3.63) is 64.3 Å². The van der Waals surface area contributed by atoms with Gasteiger partial charge in [-0.25, -0.2) is 0 Å². The summed E-state index contributed by atoms with van der Waals surface area (Å²) in [7, 11) is 0. The first-order valence-electron chi connectivity index (χ1n) is 8.75. The van der Waals surface area contributed by atoms with Gasteiger partial charge >= 0.3 is 0 Å². The Morgan fingerprint density at radius 1 is 1.25 bits per heavy atom. The molecule has 1 saturated carbocycles. The Labute approximate surface area is 142 Å². The van der Waals surface area contributed by atoms with E-state index in [0.717, 1.165) is 30.5 Å². The molecular formula is C20H24N2O2. The molecular weight excluding hydrogens is 300 g/mol. The van der Waals surface area contributed by atoms with Crippen molar-refractivity contribution in [2.75, 3.05) is 0 Å². The Balaban J connectivity index is 1.87. The van der Waals surface area contributed by atoms with E-state index in [2.05, 4.69) is 4.98 Å². The molecule has 0 unspecified atom stereocenters. The van der Waals surface area contributed by atoms with Gasteiger partial charge in [-0.2, -0.15) is 0 Å². The Morgan fingerprint density at radius 3 is 2.75 bits per heavy atom. The minimum absolute atomic E-state index is 0.0771. The summed E-state index contributed by atoms with van der Waals surface area (Å²) >= 11 is 0. The minimum Gasteiger partial charge on any atom is -0.305 e. The van der Waals surface area contributed by atoms with Gasteiger partial charge in [0.15, 0.2) is 5.78 Å². The molecule has 1 aliphatic rings. The highest BCUT2D eigenvalue weighted by Gasteiger charge is 2.27. The molecule has 0 N–H and O–H groups in total. The molecule has 0 spiro atoms. The second-order valence-corrected chi connectivity index (χ2v) is 6.82. The zero-order valence-corrected chi connectivity index (χ0v) is 14.1. The van der Waals surface area contributed by atoms with E-state index in [9.17, 15) is 9.59 Å². The van der Waals surface area contributed by atoms with Crippen LogP contribution in [0.25, 0.3) is 0 Å². The van der Waals surface area contributed by atoms with Gasteiger partial charge in [-0.1, -0.05) is 37.8 Å². The number of aromatic nitrogens is 2. The van der Waals surface area contributed by atoms with Crippen molar-refractivity contribution >= 4 is 5.78 Å². The van der Waals surface area contributed by atoms with E-state index in [0.29, 0.717) is 5.92 Å². The molecule has 4 heteroatoms. The highest BCUT2D eigenvalue weighted by Crippen LogP contribution is 2.32. The quantitative estimate of drug-likeness (QED) is 0.817. The van der Waals surface area contributed by atoms with Crippen LogP contribution in [-0.2, 0) is 11.2 Å².